The second-order valence-electron chi connectivity index (χ2n) is 1.32. The molecule has 3 heteroatoms. The first-order chi connectivity index (χ1) is 2.89. The second-order valence-corrected chi connectivity index (χ2v) is 2.33. The summed E-state index contributed by atoms with van der Waals surface area (Å²) < 4.78 is 1.47. The van der Waals surface area contributed by atoms with E-state index in [4.69, 9.17) is 0 Å². The van der Waals surface area contributed by atoms with Crippen molar-refractivity contribution in [3.63, 3.8) is 0 Å². The molecule has 0 saturated carbocycles. The monoisotopic (exact) mass is 369 g/mol. The molecule has 1 aliphatic carbocycles. The van der Waals surface area contributed by atoms with Crippen molar-refractivity contribution in [1.29, 1.82) is 0 Å². The molecule has 8 heavy (non-hydrogen) atoms. The fourth-order valence-corrected chi connectivity index (χ4v) is 0.782. The van der Waals surface area contributed by atoms with Gasteiger partial charge in [-0.25, -0.2) is 0 Å². The molecule has 0 atom stereocenters. The van der Waals surface area contributed by atoms with Crippen molar-refractivity contribution in [3.8, 4) is 0 Å². The van der Waals surface area contributed by atoms with Gasteiger partial charge in [0.25, 0.3) is 0 Å². The van der Waals surface area contributed by atoms with Crippen molar-refractivity contribution in [2.75, 3.05) is 0 Å². The first kappa shape index (κ1) is 12.3. The second kappa shape index (κ2) is 6.77. The summed E-state index contributed by atoms with van der Waals surface area (Å²) >= 11 is 2.14. The first-order valence-corrected chi connectivity index (χ1v) is 2.75. The molecule has 1 aliphatic rings. The van der Waals surface area contributed by atoms with Gasteiger partial charge in [0.1, 0.15) is 0 Å². The molecule has 0 aromatic rings. The van der Waals surface area contributed by atoms with Crippen LogP contribution in [-0.4, -0.2) is 0 Å². The third kappa shape index (κ3) is 4.53. The van der Waals surface area contributed by atoms with E-state index in [1.807, 2.05) is 0 Å². The summed E-state index contributed by atoms with van der Waals surface area (Å²) in [6.45, 7) is 0. The number of hydrogen-bond donors (Lipinski definition) is 0. The van der Waals surface area contributed by atoms with Crippen LogP contribution < -0.4 is 0 Å². The van der Waals surface area contributed by atoms with Gasteiger partial charge in [-0.2, -0.15) is 0 Å². The Morgan fingerprint density at radius 2 is 2.00 bits per heavy atom. The Morgan fingerprint density at radius 3 is 2.12 bits per heavy atom. The molecular weight excluding hydrogens is 362 g/mol. The molecule has 0 heterocycles. The molecule has 0 unspecified atom stereocenters. The molecule has 0 radical (unpaired) electrons. The first-order valence-electron chi connectivity index (χ1n) is 1.97. The third-order valence-corrected chi connectivity index (χ3v) is 1.35. The maximum absolute atomic E-state index is 2.16. The molecule has 0 spiro atoms. The van der Waals surface area contributed by atoms with E-state index in [-0.39, 0.29) is 48.0 Å². The van der Waals surface area contributed by atoms with Crippen LogP contribution in [0.3, 0.4) is 0 Å². The van der Waals surface area contributed by atoms with Crippen LogP contribution in [0.1, 0.15) is 6.42 Å². The number of halogens is 2. The molecular formula is C5H7I2Ti. The van der Waals surface area contributed by atoms with E-state index < -0.39 is 0 Å². The van der Waals surface area contributed by atoms with Crippen molar-refractivity contribution in [3.05, 3.63) is 22.1 Å². The quantitative estimate of drug-likeness (QED) is 0.455. The van der Waals surface area contributed by atoms with Crippen LogP contribution in [0, 0.1) is 0 Å². The zero-order chi connectivity index (χ0) is 4.41. The Hall–Kier alpha value is 1.65. The molecule has 0 saturated heterocycles. The Balaban J connectivity index is 0. The van der Waals surface area contributed by atoms with Gasteiger partial charge in [-0.3, -0.25) is 0 Å². The fourth-order valence-electron chi connectivity index (χ4n) is 0.447. The van der Waals surface area contributed by atoms with Crippen molar-refractivity contribution in [2.45, 2.75) is 6.42 Å². The minimum atomic E-state index is 0. The van der Waals surface area contributed by atoms with Crippen molar-refractivity contribution < 1.29 is 20.4 Å². The van der Waals surface area contributed by atoms with Gasteiger partial charge in [0, 0.05) is 0 Å². The molecule has 0 aliphatic heterocycles. The topological polar surface area (TPSA) is 0 Å². The van der Waals surface area contributed by atoms with Crippen LogP contribution in [0.5, 0.6) is 0 Å². The van der Waals surface area contributed by atoms with E-state index in [1.165, 1.54) is 10.3 Å². The van der Waals surface area contributed by atoms with E-state index in [2.05, 4.69) is 38.7 Å². The van der Waals surface area contributed by atoms with Gasteiger partial charge in [-0.15, -0.1) is 48.0 Å². The molecule has 0 fully saturated rings. The summed E-state index contributed by atoms with van der Waals surface area (Å²) in [5.74, 6) is 0. The average molecular weight is 369 g/mol. The minimum absolute atomic E-state index is 0. The van der Waals surface area contributed by atoms with Crippen molar-refractivity contribution in [1.82, 2.24) is 0 Å². The number of rotatable bonds is 0. The zero-order valence-corrected chi connectivity index (χ0v) is 10.5. The van der Waals surface area contributed by atoms with E-state index in [0.29, 0.717) is 0 Å². The molecule has 0 aromatic heterocycles. The van der Waals surface area contributed by atoms with E-state index >= 15 is 0 Å². The average Bonchev–Trinajstić information content (AvgIpc) is 1.86. The SMILES string of the molecule is I.I.[Ti][C]1=CC=CC1. The van der Waals surface area contributed by atoms with Crippen molar-refractivity contribution in [2.24, 2.45) is 0 Å². The number of hydrogen-bond acceptors (Lipinski definition) is 0. The summed E-state index contributed by atoms with van der Waals surface area (Å²) in [6.07, 6.45) is 7.56. The van der Waals surface area contributed by atoms with Crippen LogP contribution in [-0.2, 0) is 20.4 Å². The van der Waals surface area contributed by atoms with Gasteiger partial charge in [0.2, 0.25) is 0 Å². The normalized spacial score (nSPS) is 13.6. The van der Waals surface area contributed by atoms with Gasteiger partial charge in [-0.1, -0.05) is 0 Å². The zero-order valence-electron chi connectivity index (χ0n) is 4.26. The van der Waals surface area contributed by atoms with Crippen LogP contribution >= 0.6 is 48.0 Å². The molecule has 0 nitrogen and oxygen atoms in total. The molecule has 0 aromatic carbocycles. The Morgan fingerprint density at radius 1 is 1.38 bits per heavy atom. The third-order valence-electron chi connectivity index (χ3n) is 0.771. The van der Waals surface area contributed by atoms with Crippen LogP contribution in [0.2, 0.25) is 0 Å². The van der Waals surface area contributed by atoms with Crippen LogP contribution in [0.25, 0.3) is 0 Å². The van der Waals surface area contributed by atoms with Crippen molar-refractivity contribution >= 4 is 48.0 Å². The van der Waals surface area contributed by atoms with E-state index in [1.54, 1.807) is 0 Å². The Labute approximate surface area is 95.6 Å². The summed E-state index contributed by atoms with van der Waals surface area (Å²) in [5.41, 5.74) is 0. The summed E-state index contributed by atoms with van der Waals surface area (Å²) in [5, 5.41) is 0. The number of allylic oxidation sites excluding steroid dienone is 4. The van der Waals surface area contributed by atoms with Gasteiger partial charge in [0.05, 0.1) is 0 Å². The van der Waals surface area contributed by atoms with Gasteiger partial charge >= 0.3 is 49.0 Å². The molecule has 0 bridgehead atoms. The molecule has 1 rings (SSSR count). The summed E-state index contributed by atoms with van der Waals surface area (Å²) in [6, 6.07) is 0. The van der Waals surface area contributed by atoms with E-state index in [9.17, 15) is 0 Å². The molecule has 0 amide bonds. The predicted molar refractivity (Wildman–Crippen MR) is 52.7 cm³/mol. The summed E-state index contributed by atoms with van der Waals surface area (Å²) in [4.78, 5) is 0. The fraction of sp³-hybridized carbons (Fsp3) is 0.200. The van der Waals surface area contributed by atoms with Crippen LogP contribution in [0.15, 0.2) is 22.1 Å². The molecule has 45 valence electrons. The van der Waals surface area contributed by atoms with Gasteiger partial charge in [0.15, 0.2) is 0 Å². The van der Waals surface area contributed by atoms with Gasteiger partial charge < -0.3 is 0 Å². The molecule has 0 N–H and O–H groups in total. The Bertz CT molecular complexity index is 107. The standard InChI is InChI=1S/C5H5.2HI.Ti/c1-2-4-5-3-1;;;/h1-3H,4H2;2*1H;. The van der Waals surface area contributed by atoms with Crippen LogP contribution in [0.4, 0.5) is 0 Å². The summed E-state index contributed by atoms with van der Waals surface area (Å²) in [7, 11) is 0. The Kier molecular flexibility index (Phi) is 10.4. The maximum atomic E-state index is 2.16. The van der Waals surface area contributed by atoms with Gasteiger partial charge in [-0.05, 0) is 0 Å². The predicted octanol–water partition coefficient (Wildman–Crippen LogP) is 2.61. The van der Waals surface area contributed by atoms with E-state index in [0.717, 1.165) is 0 Å².